The number of hydrogen-bond donors (Lipinski definition) is 1. The fraction of sp³-hybridized carbons (Fsp3) is 0.167. The van der Waals surface area contributed by atoms with Crippen LogP contribution in [0.3, 0.4) is 0 Å². The van der Waals surface area contributed by atoms with E-state index in [1.165, 1.54) is 0 Å². The van der Waals surface area contributed by atoms with Crippen molar-refractivity contribution >= 4 is 16.6 Å². The van der Waals surface area contributed by atoms with Gasteiger partial charge in [0.25, 0.3) is 5.56 Å². The van der Waals surface area contributed by atoms with Gasteiger partial charge in [-0.2, -0.15) is 0 Å². The molecule has 2 N–H and O–H groups in total. The molecule has 0 radical (unpaired) electrons. The molecular formula is C18H19N3O2. The first-order chi connectivity index (χ1) is 11.1. The lowest BCUT2D eigenvalue weighted by atomic mass is 10.2. The van der Waals surface area contributed by atoms with Crippen LogP contribution in [0, 0.1) is 6.92 Å². The minimum Gasteiger partial charge on any atom is -0.494 e. The second-order valence-electron chi connectivity index (χ2n) is 5.44. The Bertz CT molecular complexity index is 951. The molecule has 118 valence electrons. The highest BCUT2D eigenvalue weighted by atomic mass is 16.5. The standard InChI is InChI=1S/C18H19N3O2/c1-4-9-20-15-11-13(19)6-7-14(15)18(22)21(20)16-10-12(2)5-8-17(16)23-3/h4-8,10-11H,1,9,19H2,2-3H3. The molecule has 3 aromatic rings. The first-order valence-electron chi connectivity index (χ1n) is 7.33. The third kappa shape index (κ3) is 2.40. The molecule has 0 aliphatic carbocycles. The van der Waals surface area contributed by atoms with Gasteiger partial charge in [-0.1, -0.05) is 12.1 Å². The number of hydrogen-bond acceptors (Lipinski definition) is 3. The van der Waals surface area contributed by atoms with Crippen LogP contribution in [-0.4, -0.2) is 16.5 Å². The summed E-state index contributed by atoms with van der Waals surface area (Å²) in [5.74, 6) is 0.638. The number of aromatic nitrogens is 2. The number of methoxy groups -OCH3 is 1. The SMILES string of the molecule is C=CCn1c2cc(N)ccc2c(=O)n1-c1cc(C)ccc1OC. The highest BCUT2D eigenvalue weighted by Crippen LogP contribution is 2.25. The molecule has 0 unspecified atom stereocenters. The van der Waals surface area contributed by atoms with Crippen LogP contribution >= 0.6 is 0 Å². The van der Waals surface area contributed by atoms with E-state index < -0.39 is 0 Å². The molecule has 23 heavy (non-hydrogen) atoms. The average Bonchev–Trinajstić information content (AvgIpc) is 2.79. The van der Waals surface area contributed by atoms with E-state index in [0.29, 0.717) is 29.1 Å². The minimum atomic E-state index is -0.106. The zero-order valence-corrected chi connectivity index (χ0v) is 13.2. The number of allylic oxidation sites excluding steroid dienone is 1. The van der Waals surface area contributed by atoms with Gasteiger partial charge < -0.3 is 10.5 Å². The number of nitrogens with zero attached hydrogens (tertiary/aromatic N) is 2. The number of fused-ring (bicyclic) bond motifs is 1. The Kier molecular flexibility index (Phi) is 3.70. The largest absolute Gasteiger partial charge is 0.494 e. The number of rotatable bonds is 4. The molecule has 0 saturated heterocycles. The second kappa shape index (κ2) is 5.68. The van der Waals surface area contributed by atoms with Gasteiger partial charge in [0.05, 0.1) is 24.6 Å². The van der Waals surface area contributed by atoms with E-state index in [-0.39, 0.29) is 5.56 Å². The molecule has 1 aromatic heterocycles. The molecule has 0 aliphatic rings. The summed E-state index contributed by atoms with van der Waals surface area (Å²) in [7, 11) is 1.59. The van der Waals surface area contributed by atoms with Gasteiger partial charge in [-0.3, -0.25) is 9.48 Å². The van der Waals surface area contributed by atoms with Crippen molar-refractivity contribution in [1.29, 1.82) is 0 Å². The molecule has 0 aliphatic heterocycles. The first-order valence-corrected chi connectivity index (χ1v) is 7.33. The lowest BCUT2D eigenvalue weighted by Gasteiger charge is -2.15. The Hall–Kier alpha value is -2.95. The van der Waals surface area contributed by atoms with Crippen molar-refractivity contribution in [1.82, 2.24) is 9.36 Å². The molecule has 2 aromatic carbocycles. The van der Waals surface area contributed by atoms with Gasteiger partial charge in [0.15, 0.2) is 0 Å². The fourth-order valence-corrected chi connectivity index (χ4v) is 2.78. The van der Waals surface area contributed by atoms with Crippen LogP contribution in [0.15, 0.2) is 53.8 Å². The molecule has 5 heteroatoms. The lowest BCUT2D eigenvalue weighted by Crippen LogP contribution is -2.21. The van der Waals surface area contributed by atoms with Crippen molar-refractivity contribution in [3.05, 3.63) is 65.0 Å². The maximum Gasteiger partial charge on any atom is 0.279 e. The Morgan fingerprint density at radius 1 is 1.26 bits per heavy atom. The van der Waals surface area contributed by atoms with E-state index in [4.69, 9.17) is 10.5 Å². The fourth-order valence-electron chi connectivity index (χ4n) is 2.78. The van der Waals surface area contributed by atoms with Gasteiger partial charge in [-0.05, 0) is 42.8 Å². The normalized spacial score (nSPS) is 10.9. The van der Waals surface area contributed by atoms with E-state index in [2.05, 4.69) is 6.58 Å². The Morgan fingerprint density at radius 3 is 2.74 bits per heavy atom. The summed E-state index contributed by atoms with van der Waals surface area (Å²) in [4.78, 5) is 12.9. The summed E-state index contributed by atoms with van der Waals surface area (Å²) in [6.07, 6.45) is 1.75. The summed E-state index contributed by atoms with van der Waals surface area (Å²) in [6, 6.07) is 11.0. The first kappa shape index (κ1) is 15.0. The Morgan fingerprint density at radius 2 is 2.04 bits per heavy atom. The van der Waals surface area contributed by atoms with Crippen molar-refractivity contribution in [3.8, 4) is 11.4 Å². The summed E-state index contributed by atoms with van der Waals surface area (Å²) >= 11 is 0. The van der Waals surface area contributed by atoms with Gasteiger partial charge >= 0.3 is 0 Å². The highest BCUT2D eigenvalue weighted by Gasteiger charge is 2.17. The monoisotopic (exact) mass is 309 g/mol. The van der Waals surface area contributed by atoms with Crippen LogP contribution < -0.4 is 16.0 Å². The zero-order valence-electron chi connectivity index (χ0n) is 13.2. The molecule has 1 heterocycles. The topological polar surface area (TPSA) is 62.2 Å². The second-order valence-corrected chi connectivity index (χ2v) is 5.44. The van der Waals surface area contributed by atoms with Gasteiger partial charge in [-0.15, -0.1) is 6.58 Å². The van der Waals surface area contributed by atoms with Crippen LogP contribution in [-0.2, 0) is 6.54 Å². The van der Waals surface area contributed by atoms with Crippen molar-refractivity contribution in [2.24, 2.45) is 0 Å². The number of ether oxygens (including phenoxy) is 1. The number of anilines is 1. The molecule has 0 amide bonds. The minimum absolute atomic E-state index is 0.106. The summed E-state index contributed by atoms with van der Waals surface area (Å²) in [5, 5.41) is 0.615. The number of nitrogens with two attached hydrogens (primary N) is 1. The summed E-state index contributed by atoms with van der Waals surface area (Å²) in [5.41, 5.74) is 8.92. The molecule has 0 spiro atoms. The number of nitrogen functional groups attached to an aromatic ring is 1. The van der Waals surface area contributed by atoms with E-state index in [1.807, 2.05) is 29.8 Å². The van der Waals surface area contributed by atoms with Crippen LogP contribution in [0.5, 0.6) is 5.75 Å². The molecule has 5 nitrogen and oxygen atoms in total. The third-order valence-corrected chi connectivity index (χ3v) is 3.83. The highest BCUT2D eigenvalue weighted by molar-refractivity contribution is 5.82. The van der Waals surface area contributed by atoms with Crippen molar-refractivity contribution in [3.63, 3.8) is 0 Å². The average molecular weight is 309 g/mol. The molecule has 0 saturated carbocycles. The molecule has 0 bridgehead atoms. The van der Waals surface area contributed by atoms with Crippen LogP contribution in [0.1, 0.15) is 5.56 Å². The van der Waals surface area contributed by atoms with Crippen LogP contribution in [0.25, 0.3) is 16.6 Å². The zero-order chi connectivity index (χ0) is 16.6. The van der Waals surface area contributed by atoms with E-state index >= 15 is 0 Å². The maximum absolute atomic E-state index is 12.9. The summed E-state index contributed by atoms with van der Waals surface area (Å²) in [6.45, 7) is 6.25. The van der Waals surface area contributed by atoms with E-state index in [0.717, 1.165) is 11.1 Å². The van der Waals surface area contributed by atoms with Crippen LogP contribution in [0.4, 0.5) is 5.69 Å². The van der Waals surface area contributed by atoms with Crippen molar-refractivity contribution in [2.75, 3.05) is 12.8 Å². The predicted octanol–water partition coefficient (Wildman–Crippen LogP) is 2.88. The predicted molar refractivity (Wildman–Crippen MR) is 93.4 cm³/mol. The molecular weight excluding hydrogens is 290 g/mol. The third-order valence-electron chi connectivity index (χ3n) is 3.83. The van der Waals surface area contributed by atoms with E-state index in [9.17, 15) is 4.79 Å². The van der Waals surface area contributed by atoms with Gasteiger partial charge in [-0.25, -0.2) is 4.68 Å². The van der Waals surface area contributed by atoms with Crippen molar-refractivity contribution < 1.29 is 4.74 Å². The number of aryl methyl sites for hydroxylation is 1. The number of benzene rings is 2. The maximum atomic E-state index is 12.9. The van der Waals surface area contributed by atoms with E-state index in [1.54, 1.807) is 36.1 Å². The lowest BCUT2D eigenvalue weighted by molar-refractivity contribution is 0.408. The molecule has 3 rings (SSSR count). The molecule has 0 atom stereocenters. The van der Waals surface area contributed by atoms with Gasteiger partial charge in [0, 0.05) is 5.69 Å². The molecule has 0 fully saturated rings. The Balaban J connectivity index is 2.44. The van der Waals surface area contributed by atoms with Crippen LogP contribution in [0.2, 0.25) is 0 Å². The Labute approximate surface area is 134 Å². The van der Waals surface area contributed by atoms with Crippen molar-refractivity contribution in [2.45, 2.75) is 13.5 Å². The van der Waals surface area contributed by atoms with Gasteiger partial charge in [0.1, 0.15) is 11.4 Å². The summed E-state index contributed by atoms with van der Waals surface area (Å²) < 4.78 is 8.92. The quantitative estimate of drug-likeness (QED) is 0.595. The van der Waals surface area contributed by atoms with Gasteiger partial charge in [0.2, 0.25) is 0 Å². The smallest absolute Gasteiger partial charge is 0.279 e.